The molecule has 0 atom stereocenters. The van der Waals surface area contributed by atoms with Gasteiger partial charge in [0.15, 0.2) is 0 Å². The SMILES string of the molecule is NCCn1cnc(CN2CCc3ccccc3CC2)c1. The molecule has 2 heterocycles. The maximum atomic E-state index is 5.56. The zero-order valence-electron chi connectivity index (χ0n) is 11.8. The third kappa shape index (κ3) is 3.08. The maximum absolute atomic E-state index is 5.56. The summed E-state index contributed by atoms with van der Waals surface area (Å²) in [6.07, 6.45) is 6.28. The summed E-state index contributed by atoms with van der Waals surface area (Å²) in [6.45, 7) is 4.67. The normalized spacial score (nSPS) is 15.8. The molecule has 0 saturated heterocycles. The maximum Gasteiger partial charge on any atom is 0.0950 e. The molecule has 3 rings (SSSR count). The number of fused-ring (bicyclic) bond motifs is 1. The first kappa shape index (κ1) is 13.3. The molecule has 0 unspecified atom stereocenters. The Balaban J connectivity index is 1.62. The van der Waals surface area contributed by atoms with Crippen molar-refractivity contribution in [2.75, 3.05) is 19.6 Å². The molecule has 0 radical (unpaired) electrons. The number of imidazole rings is 1. The molecule has 0 aliphatic carbocycles. The van der Waals surface area contributed by atoms with E-state index in [1.807, 2.05) is 6.33 Å². The molecule has 2 N–H and O–H groups in total. The molecule has 106 valence electrons. The van der Waals surface area contributed by atoms with E-state index < -0.39 is 0 Å². The summed E-state index contributed by atoms with van der Waals surface area (Å²) in [5.74, 6) is 0. The standard InChI is InChI=1S/C16H22N4/c17-7-10-20-12-16(18-13-20)11-19-8-5-14-3-1-2-4-15(14)6-9-19/h1-4,12-13H,5-11,17H2. The van der Waals surface area contributed by atoms with Gasteiger partial charge in [0.2, 0.25) is 0 Å². The van der Waals surface area contributed by atoms with Crippen molar-refractivity contribution in [2.45, 2.75) is 25.9 Å². The highest BCUT2D eigenvalue weighted by atomic mass is 15.1. The molecular formula is C16H22N4. The summed E-state index contributed by atoms with van der Waals surface area (Å²) >= 11 is 0. The van der Waals surface area contributed by atoms with E-state index in [-0.39, 0.29) is 0 Å². The number of hydrogen-bond donors (Lipinski definition) is 1. The molecule has 2 aromatic rings. The van der Waals surface area contributed by atoms with E-state index in [1.54, 1.807) is 0 Å². The summed E-state index contributed by atoms with van der Waals surface area (Å²) in [5.41, 5.74) is 9.71. The van der Waals surface area contributed by atoms with E-state index in [9.17, 15) is 0 Å². The number of aromatic nitrogens is 2. The number of nitrogens with two attached hydrogens (primary N) is 1. The van der Waals surface area contributed by atoms with Crippen molar-refractivity contribution < 1.29 is 0 Å². The first-order valence-corrected chi connectivity index (χ1v) is 7.35. The minimum atomic E-state index is 0.662. The van der Waals surface area contributed by atoms with Gasteiger partial charge in [-0.15, -0.1) is 0 Å². The van der Waals surface area contributed by atoms with Gasteiger partial charge < -0.3 is 10.3 Å². The fourth-order valence-corrected chi connectivity index (χ4v) is 2.86. The number of hydrogen-bond acceptors (Lipinski definition) is 3. The van der Waals surface area contributed by atoms with Crippen LogP contribution in [-0.2, 0) is 25.9 Å². The highest BCUT2D eigenvalue weighted by Gasteiger charge is 2.14. The van der Waals surface area contributed by atoms with Gasteiger partial charge >= 0.3 is 0 Å². The van der Waals surface area contributed by atoms with Crippen LogP contribution in [0.3, 0.4) is 0 Å². The Morgan fingerprint density at radius 3 is 2.45 bits per heavy atom. The van der Waals surface area contributed by atoms with Crippen molar-refractivity contribution >= 4 is 0 Å². The lowest BCUT2D eigenvalue weighted by Crippen LogP contribution is -2.26. The molecule has 1 aliphatic heterocycles. The molecule has 0 fully saturated rings. The Morgan fingerprint density at radius 2 is 1.80 bits per heavy atom. The smallest absolute Gasteiger partial charge is 0.0950 e. The van der Waals surface area contributed by atoms with Crippen molar-refractivity contribution in [3.63, 3.8) is 0 Å². The monoisotopic (exact) mass is 270 g/mol. The van der Waals surface area contributed by atoms with Crippen LogP contribution >= 0.6 is 0 Å². The second-order valence-corrected chi connectivity index (χ2v) is 5.44. The minimum Gasteiger partial charge on any atom is -0.336 e. The molecule has 0 bridgehead atoms. The predicted molar refractivity (Wildman–Crippen MR) is 80.4 cm³/mol. The van der Waals surface area contributed by atoms with Crippen LogP contribution in [0.5, 0.6) is 0 Å². The first-order valence-electron chi connectivity index (χ1n) is 7.35. The Hall–Kier alpha value is -1.65. The molecule has 0 saturated carbocycles. The second kappa shape index (κ2) is 6.20. The Bertz CT molecular complexity index is 534. The third-order valence-corrected chi connectivity index (χ3v) is 3.97. The quantitative estimate of drug-likeness (QED) is 0.914. The lowest BCUT2D eigenvalue weighted by Gasteiger charge is -2.18. The fraction of sp³-hybridized carbons (Fsp3) is 0.438. The van der Waals surface area contributed by atoms with Gasteiger partial charge in [-0.2, -0.15) is 0 Å². The van der Waals surface area contributed by atoms with E-state index in [1.165, 1.54) is 11.1 Å². The first-order chi connectivity index (χ1) is 9.85. The van der Waals surface area contributed by atoms with Crippen LogP contribution in [0.1, 0.15) is 16.8 Å². The number of benzene rings is 1. The van der Waals surface area contributed by atoms with Crippen molar-refractivity contribution in [1.29, 1.82) is 0 Å². The van der Waals surface area contributed by atoms with Gasteiger partial charge in [-0.3, -0.25) is 4.90 Å². The number of nitrogens with zero attached hydrogens (tertiary/aromatic N) is 3. The molecular weight excluding hydrogens is 248 g/mol. The molecule has 4 nitrogen and oxygen atoms in total. The van der Waals surface area contributed by atoms with Crippen LogP contribution in [0.15, 0.2) is 36.8 Å². The van der Waals surface area contributed by atoms with Crippen LogP contribution in [0.2, 0.25) is 0 Å². The van der Waals surface area contributed by atoms with Crippen molar-refractivity contribution in [3.05, 3.63) is 53.6 Å². The average Bonchev–Trinajstić information content (AvgIpc) is 2.80. The van der Waals surface area contributed by atoms with Crippen molar-refractivity contribution in [1.82, 2.24) is 14.5 Å². The highest BCUT2D eigenvalue weighted by molar-refractivity contribution is 5.28. The van der Waals surface area contributed by atoms with Crippen LogP contribution in [0.25, 0.3) is 0 Å². The lowest BCUT2D eigenvalue weighted by molar-refractivity contribution is 0.276. The van der Waals surface area contributed by atoms with Crippen LogP contribution in [-0.4, -0.2) is 34.1 Å². The Kier molecular flexibility index (Phi) is 4.14. The minimum absolute atomic E-state index is 0.662. The summed E-state index contributed by atoms with van der Waals surface area (Å²) in [5, 5.41) is 0. The van der Waals surface area contributed by atoms with Crippen molar-refractivity contribution in [2.24, 2.45) is 5.73 Å². The van der Waals surface area contributed by atoms with E-state index in [4.69, 9.17) is 5.73 Å². The van der Waals surface area contributed by atoms with E-state index >= 15 is 0 Å². The zero-order chi connectivity index (χ0) is 13.8. The molecule has 1 aromatic heterocycles. The average molecular weight is 270 g/mol. The lowest BCUT2D eigenvalue weighted by atomic mass is 10.0. The second-order valence-electron chi connectivity index (χ2n) is 5.44. The Labute approximate surface area is 120 Å². The Morgan fingerprint density at radius 1 is 1.10 bits per heavy atom. The van der Waals surface area contributed by atoms with Gasteiger partial charge in [-0.05, 0) is 24.0 Å². The molecule has 1 aliphatic rings. The van der Waals surface area contributed by atoms with Crippen LogP contribution in [0.4, 0.5) is 0 Å². The number of rotatable bonds is 4. The predicted octanol–water partition coefficient (Wildman–Crippen LogP) is 1.44. The third-order valence-electron chi connectivity index (χ3n) is 3.97. The summed E-state index contributed by atoms with van der Waals surface area (Å²) in [4.78, 5) is 6.97. The van der Waals surface area contributed by atoms with E-state index in [0.29, 0.717) is 6.54 Å². The molecule has 0 spiro atoms. The fourth-order valence-electron chi connectivity index (χ4n) is 2.86. The van der Waals surface area contributed by atoms with E-state index in [2.05, 4.69) is 44.9 Å². The molecule has 1 aromatic carbocycles. The van der Waals surface area contributed by atoms with Gasteiger partial charge in [0.05, 0.1) is 12.0 Å². The zero-order valence-corrected chi connectivity index (χ0v) is 11.8. The molecule has 20 heavy (non-hydrogen) atoms. The summed E-state index contributed by atoms with van der Waals surface area (Å²) in [6, 6.07) is 8.80. The van der Waals surface area contributed by atoms with E-state index in [0.717, 1.165) is 44.7 Å². The van der Waals surface area contributed by atoms with Gasteiger partial charge in [0.25, 0.3) is 0 Å². The highest BCUT2D eigenvalue weighted by Crippen LogP contribution is 2.16. The van der Waals surface area contributed by atoms with Gasteiger partial charge in [0, 0.05) is 38.9 Å². The van der Waals surface area contributed by atoms with Crippen LogP contribution in [0, 0.1) is 0 Å². The summed E-state index contributed by atoms with van der Waals surface area (Å²) in [7, 11) is 0. The largest absolute Gasteiger partial charge is 0.336 e. The van der Waals surface area contributed by atoms with Gasteiger partial charge in [-0.25, -0.2) is 4.98 Å². The molecule has 4 heteroatoms. The molecule has 0 amide bonds. The summed E-state index contributed by atoms with van der Waals surface area (Å²) < 4.78 is 2.07. The topological polar surface area (TPSA) is 47.1 Å². The van der Waals surface area contributed by atoms with Gasteiger partial charge in [-0.1, -0.05) is 24.3 Å². The van der Waals surface area contributed by atoms with Crippen LogP contribution < -0.4 is 5.73 Å². The van der Waals surface area contributed by atoms with Crippen molar-refractivity contribution in [3.8, 4) is 0 Å². The van der Waals surface area contributed by atoms with Gasteiger partial charge in [0.1, 0.15) is 0 Å².